The van der Waals surface area contributed by atoms with Crippen LogP contribution in [0.15, 0.2) is 16.7 Å². The van der Waals surface area contributed by atoms with Crippen molar-refractivity contribution >= 4 is 21.9 Å². The van der Waals surface area contributed by atoms with E-state index in [1.165, 1.54) is 0 Å². The van der Waals surface area contributed by atoms with Crippen LogP contribution in [0.2, 0.25) is 0 Å². The van der Waals surface area contributed by atoms with Gasteiger partial charge in [-0.2, -0.15) is 0 Å². The smallest absolute Gasteiger partial charge is 0.337 e. The first-order valence-corrected chi connectivity index (χ1v) is 4.32. The average Bonchev–Trinajstić information content (AvgIpc) is 2.04. The van der Waals surface area contributed by atoms with Crippen LogP contribution < -0.4 is 0 Å². The highest BCUT2D eigenvalue weighted by molar-refractivity contribution is 9.10. The summed E-state index contributed by atoms with van der Waals surface area (Å²) in [6.07, 6.45) is 2.24. The fraction of sp³-hybridized carbons (Fsp3) is 0.250. The summed E-state index contributed by atoms with van der Waals surface area (Å²) in [5.74, 6) is -0.930. The van der Waals surface area contributed by atoms with Crippen molar-refractivity contribution in [2.45, 2.75) is 13.3 Å². The third kappa shape index (κ3) is 1.82. The number of aryl methyl sites for hydroxylation is 1. The second kappa shape index (κ2) is 3.67. The van der Waals surface area contributed by atoms with Crippen molar-refractivity contribution in [3.05, 3.63) is 28.0 Å². The number of aromatic nitrogens is 1. The third-order valence-electron chi connectivity index (χ3n) is 1.50. The van der Waals surface area contributed by atoms with Crippen molar-refractivity contribution in [1.29, 1.82) is 0 Å². The molecule has 0 aliphatic heterocycles. The molecule has 0 saturated heterocycles. The fourth-order valence-corrected chi connectivity index (χ4v) is 1.27. The van der Waals surface area contributed by atoms with Crippen molar-refractivity contribution in [2.75, 3.05) is 0 Å². The van der Waals surface area contributed by atoms with E-state index < -0.39 is 5.97 Å². The average molecular weight is 230 g/mol. The lowest BCUT2D eigenvalue weighted by Crippen LogP contribution is -2.03. The molecule has 0 atom stereocenters. The van der Waals surface area contributed by atoms with E-state index in [0.29, 0.717) is 16.6 Å². The van der Waals surface area contributed by atoms with Gasteiger partial charge in [0.25, 0.3) is 0 Å². The van der Waals surface area contributed by atoms with Crippen LogP contribution in [0.25, 0.3) is 0 Å². The summed E-state index contributed by atoms with van der Waals surface area (Å²) >= 11 is 3.17. The Kier molecular flexibility index (Phi) is 2.81. The van der Waals surface area contributed by atoms with Gasteiger partial charge >= 0.3 is 5.97 Å². The Morgan fingerprint density at radius 3 is 2.92 bits per heavy atom. The van der Waals surface area contributed by atoms with Crippen LogP contribution in [-0.2, 0) is 6.42 Å². The summed E-state index contributed by atoms with van der Waals surface area (Å²) in [6.45, 7) is 1.88. The summed E-state index contributed by atoms with van der Waals surface area (Å²) in [6, 6.07) is 1.56. The van der Waals surface area contributed by atoms with E-state index in [4.69, 9.17) is 5.11 Å². The summed E-state index contributed by atoms with van der Waals surface area (Å²) in [5, 5.41) is 8.76. The van der Waals surface area contributed by atoms with Crippen LogP contribution in [0.4, 0.5) is 0 Å². The van der Waals surface area contributed by atoms with Gasteiger partial charge in [0.2, 0.25) is 0 Å². The largest absolute Gasteiger partial charge is 0.478 e. The van der Waals surface area contributed by atoms with Crippen LogP contribution in [0.3, 0.4) is 0 Å². The predicted octanol–water partition coefficient (Wildman–Crippen LogP) is 2.10. The second-order valence-electron chi connectivity index (χ2n) is 2.31. The van der Waals surface area contributed by atoms with E-state index in [1.807, 2.05) is 6.92 Å². The molecular weight excluding hydrogens is 222 g/mol. The van der Waals surface area contributed by atoms with E-state index in [1.54, 1.807) is 12.3 Å². The lowest BCUT2D eigenvalue weighted by Gasteiger charge is -2.01. The van der Waals surface area contributed by atoms with Gasteiger partial charge in [-0.15, -0.1) is 0 Å². The fourth-order valence-electron chi connectivity index (χ4n) is 0.934. The summed E-state index contributed by atoms with van der Waals surface area (Å²) < 4.78 is 0.692. The number of rotatable bonds is 2. The molecule has 12 heavy (non-hydrogen) atoms. The molecule has 1 N–H and O–H groups in total. The monoisotopic (exact) mass is 229 g/mol. The van der Waals surface area contributed by atoms with Crippen molar-refractivity contribution in [3.63, 3.8) is 0 Å². The number of hydrogen-bond donors (Lipinski definition) is 1. The van der Waals surface area contributed by atoms with Gasteiger partial charge in [0.15, 0.2) is 0 Å². The molecule has 1 aromatic rings. The Morgan fingerprint density at radius 1 is 1.75 bits per heavy atom. The molecule has 0 saturated carbocycles. The summed E-state index contributed by atoms with van der Waals surface area (Å²) in [7, 11) is 0. The molecule has 64 valence electrons. The minimum atomic E-state index is -0.930. The molecule has 1 aromatic heterocycles. The maximum absolute atomic E-state index is 10.7. The number of nitrogens with zero attached hydrogens (tertiary/aromatic N) is 1. The number of carbonyl (C=O) groups is 1. The van der Waals surface area contributed by atoms with Crippen LogP contribution >= 0.6 is 15.9 Å². The predicted molar refractivity (Wildman–Crippen MR) is 48.3 cm³/mol. The molecule has 3 nitrogen and oxygen atoms in total. The lowest BCUT2D eigenvalue weighted by atomic mass is 10.1. The normalized spacial score (nSPS) is 9.83. The highest BCUT2D eigenvalue weighted by Crippen LogP contribution is 2.14. The Balaban J connectivity index is 3.21. The molecule has 1 rings (SSSR count). The molecule has 0 aliphatic rings. The van der Waals surface area contributed by atoms with Crippen LogP contribution in [0.5, 0.6) is 0 Å². The zero-order valence-electron chi connectivity index (χ0n) is 6.54. The molecule has 0 amide bonds. The van der Waals surface area contributed by atoms with E-state index in [0.717, 1.165) is 0 Å². The van der Waals surface area contributed by atoms with Crippen molar-refractivity contribution in [1.82, 2.24) is 4.98 Å². The zero-order valence-corrected chi connectivity index (χ0v) is 8.13. The Hall–Kier alpha value is -0.900. The molecule has 0 unspecified atom stereocenters. The third-order valence-corrected chi connectivity index (χ3v) is 1.94. The molecular formula is C8H8BrNO2. The standard InChI is InChI=1S/C8H8BrNO2/c1-2-7-6(8(11)12)3-5(9)4-10-7/h3-4H,2H2,1H3,(H,11,12). The molecule has 0 aromatic carbocycles. The highest BCUT2D eigenvalue weighted by Gasteiger charge is 2.09. The van der Waals surface area contributed by atoms with Gasteiger partial charge in [-0.25, -0.2) is 4.79 Å². The molecule has 0 bridgehead atoms. The van der Waals surface area contributed by atoms with Gasteiger partial charge in [-0.3, -0.25) is 4.98 Å². The number of carboxylic acids is 1. The van der Waals surface area contributed by atoms with Crippen LogP contribution in [0, 0.1) is 0 Å². The Labute approximate surface area is 78.6 Å². The van der Waals surface area contributed by atoms with Gasteiger partial charge in [-0.05, 0) is 28.4 Å². The second-order valence-corrected chi connectivity index (χ2v) is 3.22. The first kappa shape index (κ1) is 9.19. The topological polar surface area (TPSA) is 50.2 Å². The highest BCUT2D eigenvalue weighted by atomic mass is 79.9. The number of hydrogen-bond acceptors (Lipinski definition) is 2. The Bertz CT molecular complexity index is 312. The molecule has 0 fully saturated rings. The van der Waals surface area contributed by atoms with Gasteiger partial charge in [0, 0.05) is 10.7 Å². The SMILES string of the molecule is CCc1ncc(Br)cc1C(=O)O. The van der Waals surface area contributed by atoms with Crippen molar-refractivity contribution in [2.24, 2.45) is 0 Å². The maximum Gasteiger partial charge on any atom is 0.337 e. The quantitative estimate of drug-likeness (QED) is 0.846. The van der Waals surface area contributed by atoms with E-state index >= 15 is 0 Å². The molecule has 0 spiro atoms. The first-order chi connectivity index (χ1) is 5.65. The maximum atomic E-state index is 10.7. The Morgan fingerprint density at radius 2 is 2.42 bits per heavy atom. The van der Waals surface area contributed by atoms with E-state index in [9.17, 15) is 4.79 Å². The number of aromatic carboxylic acids is 1. The van der Waals surface area contributed by atoms with Gasteiger partial charge in [0.1, 0.15) is 0 Å². The summed E-state index contributed by atoms with van der Waals surface area (Å²) in [5.41, 5.74) is 0.887. The van der Waals surface area contributed by atoms with Crippen molar-refractivity contribution < 1.29 is 9.90 Å². The van der Waals surface area contributed by atoms with Crippen molar-refractivity contribution in [3.8, 4) is 0 Å². The van der Waals surface area contributed by atoms with Gasteiger partial charge in [-0.1, -0.05) is 6.92 Å². The molecule has 0 radical (unpaired) electrons. The van der Waals surface area contributed by atoms with Gasteiger partial charge in [0.05, 0.1) is 11.3 Å². The molecule has 4 heteroatoms. The molecule has 0 aliphatic carbocycles. The minimum absolute atomic E-state index is 0.270. The van der Waals surface area contributed by atoms with E-state index in [-0.39, 0.29) is 5.56 Å². The van der Waals surface area contributed by atoms with Crippen LogP contribution in [-0.4, -0.2) is 16.1 Å². The van der Waals surface area contributed by atoms with Gasteiger partial charge < -0.3 is 5.11 Å². The van der Waals surface area contributed by atoms with E-state index in [2.05, 4.69) is 20.9 Å². The lowest BCUT2D eigenvalue weighted by molar-refractivity contribution is 0.0695. The number of pyridine rings is 1. The summed E-state index contributed by atoms with van der Waals surface area (Å²) in [4.78, 5) is 14.7. The minimum Gasteiger partial charge on any atom is -0.478 e. The first-order valence-electron chi connectivity index (χ1n) is 3.53. The number of carboxylic acid groups (broad SMARTS) is 1. The van der Waals surface area contributed by atoms with Crippen LogP contribution in [0.1, 0.15) is 23.0 Å². The number of halogens is 1. The zero-order chi connectivity index (χ0) is 9.14. The molecule has 1 heterocycles.